The number of aliphatic hydroxyl groups is 1. The first-order chi connectivity index (χ1) is 8.79. The number of amides is 1. The third kappa shape index (κ3) is 2.66. The maximum atomic E-state index is 11.8. The van der Waals surface area contributed by atoms with Gasteiger partial charge in [-0.15, -0.1) is 0 Å². The fourth-order valence-electron chi connectivity index (χ4n) is 1.87. The Kier molecular flexibility index (Phi) is 3.16. The number of hydrogen-bond donors (Lipinski definition) is 2. The molecule has 3 N–H and O–H groups in total. The molecule has 0 radical (unpaired) electrons. The smallest absolute Gasteiger partial charge is 0.339 e. The number of fused-ring (bicyclic) bond motifs is 1. The second kappa shape index (κ2) is 4.51. The molecule has 1 amide bonds. The summed E-state index contributed by atoms with van der Waals surface area (Å²) in [5.41, 5.74) is 4.46. The van der Waals surface area contributed by atoms with E-state index in [2.05, 4.69) is 0 Å². The van der Waals surface area contributed by atoms with E-state index in [1.54, 1.807) is 12.1 Å². The van der Waals surface area contributed by atoms with E-state index >= 15 is 0 Å². The molecule has 19 heavy (non-hydrogen) atoms. The van der Waals surface area contributed by atoms with Gasteiger partial charge in [-0.1, -0.05) is 11.6 Å². The molecule has 0 saturated carbocycles. The first kappa shape index (κ1) is 13.3. The molecule has 5 nitrogen and oxygen atoms in total. The third-order valence-corrected chi connectivity index (χ3v) is 3.03. The normalized spacial score (nSPS) is 14.3. The van der Waals surface area contributed by atoms with Gasteiger partial charge in [0.25, 0.3) is 0 Å². The maximum absolute atomic E-state index is 11.8. The zero-order valence-corrected chi connectivity index (χ0v) is 10.8. The molecule has 0 saturated heterocycles. The van der Waals surface area contributed by atoms with E-state index in [1.807, 2.05) is 19.1 Å². The van der Waals surface area contributed by atoms with Crippen LogP contribution < -0.4 is 11.4 Å². The van der Waals surface area contributed by atoms with Crippen LogP contribution in [0.5, 0.6) is 0 Å². The van der Waals surface area contributed by atoms with Crippen LogP contribution in [0.2, 0.25) is 0 Å². The average Bonchev–Trinajstić information content (AvgIpc) is 2.30. The van der Waals surface area contributed by atoms with Crippen molar-refractivity contribution in [2.75, 3.05) is 0 Å². The van der Waals surface area contributed by atoms with Crippen molar-refractivity contribution in [2.45, 2.75) is 25.9 Å². The minimum absolute atomic E-state index is 0.172. The van der Waals surface area contributed by atoms with Gasteiger partial charge in [-0.25, -0.2) is 4.79 Å². The number of nitrogens with two attached hydrogens (primary N) is 1. The third-order valence-electron chi connectivity index (χ3n) is 3.03. The number of carbonyl (C=O) groups excluding carboxylic acids is 1. The molecule has 0 aliphatic heterocycles. The molecule has 2 aromatic rings. The molecule has 1 aromatic carbocycles. The van der Waals surface area contributed by atoms with Crippen LogP contribution in [0.25, 0.3) is 11.0 Å². The van der Waals surface area contributed by atoms with Crippen molar-refractivity contribution >= 4 is 16.9 Å². The number of benzene rings is 1. The summed E-state index contributed by atoms with van der Waals surface area (Å²) in [6.07, 6.45) is -0.172. The fraction of sp³-hybridized carbons (Fsp3) is 0.286. The van der Waals surface area contributed by atoms with Crippen LogP contribution >= 0.6 is 0 Å². The van der Waals surface area contributed by atoms with Crippen molar-refractivity contribution in [3.8, 4) is 0 Å². The molecule has 0 spiro atoms. The molecule has 0 fully saturated rings. The molecule has 2 rings (SSSR count). The van der Waals surface area contributed by atoms with Gasteiger partial charge in [0, 0.05) is 17.4 Å². The van der Waals surface area contributed by atoms with Gasteiger partial charge in [-0.2, -0.15) is 0 Å². The summed E-state index contributed by atoms with van der Waals surface area (Å²) < 4.78 is 5.15. The van der Waals surface area contributed by atoms with Gasteiger partial charge in [0.15, 0.2) is 0 Å². The quantitative estimate of drug-likeness (QED) is 0.802. The average molecular weight is 261 g/mol. The molecule has 0 bridgehead atoms. The van der Waals surface area contributed by atoms with E-state index in [4.69, 9.17) is 10.2 Å². The van der Waals surface area contributed by atoms with E-state index in [0.717, 1.165) is 10.9 Å². The van der Waals surface area contributed by atoms with Crippen LogP contribution in [-0.4, -0.2) is 16.6 Å². The van der Waals surface area contributed by atoms with Gasteiger partial charge in [-0.05, 0) is 32.0 Å². The van der Waals surface area contributed by atoms with Gasteiger partial charge in [-0.3, -0.25) is 4.79 Å². The highest BCUT2D eigenvalue weighted by Crippen LogP contribution is 2.18. The summed E-state index contributed by atoms with van der Waals surface area (Å²) in [6, 6.07) is 7.03. The molecule has 0 aliphatic carbocycles. The topological polar surface area (TPSA) is 93.5 Å². The van der Waals surface area contributed by atoms with Crippen LogP contribution in [0.4, 0.5) is 0 Å². The van der Waals surface area contributed by atoms with Gasteiger partial charge in [0.2, 0.25) is 5.91 Å². The van der Waals surface area contributed by atoms with Crippen LogP contribution in [0.1, 0.15) is 18.1 Å². The lowest BCUT2D eigenvalue weighted by Crippen LogP contribution is -2.43. The van der Waals surface area contributed by atoms with Gasteiger partial charge in [0.05, 0.1) is 0 Å². The van der Waals surface area contributed by atoms with E-state index in [9.17, 15) is 14.7 Å². The molecule has 5 heteroatoms. The number of carbonyl (C=O) groups is 1. The Hall–Kier alpha value is -2.14. The Morgan fingerprint density at radius 3 is 2.74 bits per heavy atom. The van der Waals surface area contributed by atoms with Gasteiger partial charge >= 0.3 is 5.63 Å². The lowest BCUT2D eigenvalue weighted by Gasteiger charge is -2.18. The van der Waals surface area contributed by atoms with Crippen molar-refractivity contribution in [1.82, 2.24) is 0 Å². The first-order valence-electron chi connectivity index (χ1n) is 5.85. The highest BCUT2D eigenvalue weighted by molar-refractivity contribution is 5.83. The molecule has 100 valence electrons. The molecule has 1 aromatic heterocycles. The summed E-state index contributed by atoms with van der Waals surface area (Å²) in [4.78, 5) is 22.9. The molecular formula is C14H15NO4. The highest BCUT2D eigenvalue weighted by atomic mass is 16.4. The van der Waals surface area contributed by atoms with Gasteiger partial charge < -0.3 is 15.3 Å². The minimum Gasteiger partial charge on any atom is -0.423 e. The van der Waals surface area contributed by atoms with Crippen molar-refractivity contribution in [2.24, 2.45) is 5.73 Å². The minimum atomic E-state index is -1.77. The largest absolute Gasteiger partial charge is 0.423 e. The van der Waals surface area contributed by atoms with Crippen LogP contribution in [0.3, 0.4) is 0 Å². The van der Waals surface area contributed by atoms with Gasteiger partial charge in [0.1, 0.15) is 11.2 Å². The van der Waals surface area contributed by atoms with Crippen molar-refractivity contribution < 1.29 is 14.3 Å². The number of aryl methyl sites for hydroxylation is 1. The predicted octanol–water partition coefficient (Wildman–Crippen LogP) is 0.880. The summed E-state index contributed by atoms with van der Waals surface area (Å²) in [5, 5.41) is 10.6. The standard InChI is InChI=1S/C14H15NO4/c1-8-3-4-11-9(5-8)6-10(12(16)19-11)7-14(2,18)13(15)17/h3-6,18H,7H2,1-2H3,(H2,15,17). The molecule has 1 heterocycles. The zero-order chi connectivity index (χ0) is 14.2. The molecule has 1 atom stereocenters. The van der Waals surface area contributed by atoms with Crippen LogP contribution in [0.15, 0.2) is 33.5 Å². The Balaban J connectivity index is 2.52. The monoisotopic (exact) mass is 261 g/mol. The van der Waals surface area contributed by atoms with E-state index < -0.39 is 17.1 Å². The zero-order valence-electron chi connectivity index (χ0n) is 10.8. The SMILES string of the molecule is Cc1ccc2oc(=O)c(CC(C)(O)C(N)=O)cc2c1. The summed E-state index contributed by atoms with van der Waals surface area (Å²) in [7, 11) is 0. The maximum Gasteiger partial charge on any atom is 0.339 e. The predicted molar refractivity (Wildman–Crippen MR) is 70.7 cm³/mol. The summed E-state index contributed by atoms with van der Waals surface area (Å²) >= 11 is 0. The Morgan fingerprint density at radius 1 is 1.42 bits per heavy atom. The van der Waals surface area contributed by atoms with E-state index in [1.165, 1.54) is 6.92 Å². The Bertz CT molecular complexity index is 700. The summed E-state index contributed by atoms with van der Waals surface area (Å²) in [6.45, 7) is 3.19. The molecular weight excluding hydrogens is 246 g/mol. The number of hydrogen-bond acceptors (Lipinski definition) is 4. The van der Waals surface area contributed by atoms with Crippen molar-refractivity contribution in [3.63, 3.8) is 0 Å². The van der Waals surface area contributed by atoms with E-state index in [-0.39, 0.29) is 12.0 Å². The van der Waals surface area contributed by atoms with Crippen LogP contribution in [0, 0.1) is 6.92 Å². The second-order valence-electron chi connectivity index (χ2n) is 4.92. The van der Waals surface area contributed by atoms with Crippen molar-refractivity contribution in [1.29, 1.82) is 0 Å². The van der Waals surface area contributed by atoms with E-state index in [0.29, 0.717) is 5.58 Å². The van der Waals surface area contributed by atoms with Crippen molar-refractivity contribution in [3.05, 3.63) is 45.8 Å². The molecule has 1 unspecified atom stereocenters. The lowest BCUT2D eigenvalue weighted by molar-refractivity contribution is -0.134. The highest BCUT2D eigenvalue weighted by Gasteiger charge is 2.29. The first-order valence-corrected chi connectivity index (χ1v) is 5.85. The Labute approximate surface area is 109 Å². The summed E-state index contributed by atoms with van der Waals surface area (Å²) in [5.74, 6) is -0.878. The molecule has 0 aliphatic rings. The second-order valence-corrected chi connectivity index (χ2v) is 4.92. The van der Waals surface area contributed by atoms with Crippen LogP contribution in [-0.2, 0) is 11.2 Å². The number of rotatable bonds is 3. The fourth-order valence-corrected chi connectivity index (χ4v) is 1.87. The Morgan fingerprint density at radius 2 is 2.11 bits per heavy atom. The lowest BCUT2D eigenvalue weighted by atomic mass is 9.96. The number of primary amides is 1.